The topological polar surface area (TPSA) is 79.8 Å². The third-order valence-electron chi connectivity index (χ3n) is 3.36. The van der Waals surface area contributed by atoms with E-state index in [9.17, 15) is 9.18 Å². The van der Waals surface area contributed by atoms with E-state index < -0.39 is 0 Å². The molecule has 0 atom stereocenters. The van der Waals surface area contributed by atoms with Crippen molar-refractivity contribution in [3.63, 3.8) is 0 Å². The fraction of sp³-hybridized carbons (Fsp3) is 0.111. The lowest BCUT2D eigenvalue weighted by Gasteiger charge is -2.09. The number of carbonyl (C=O) groups is 1. The van der Waals surface area contributed by atoms with Crippen molar-refractivity contribution in [2.24, 2.45) is 0 Å². The van der Waals surface area contributed by atoms with Crippen LogP contribution >= 0.6 is 0 Å². The number of rotatable bonds is 5. The average Bonchev–Trinajstić information content (AvgIpc) is 2.62. The molecule has 6 nitrogen and oxygen atoms in total. The quantitative estimate of drug-likeness (QED) is 0.748. The van der Waals surface area contributed by atoms with Crippen molar-refractivity contribution in [2.45, 2.75) is 13.5 Å². The van der Waals surface area contributed by atoms with E-state index in [-0.39, 0.29) is 23.4 Å². The Morgan fingerprint density at radius 2 is 1.96 bits per heavy atom. The average molecular weight is 337 g/mol. The van der Waals surface area contributed by atoms with Crippen LogP contribution in [0.4, 0.5) is 16.0 Å². The van der Waals surface area contributed by atoms with Gasteiger partial charge in [-0.2, -0.15) is 0 Å². The number of hydrogen-bond donors (Lipinski definition) is 2. The van der Waals surface area contributed by atoms with Gasteiger partial charge in [0.1, 0.15) is 11.5 Å². The molecule has 25 heavy (non-hydrogen) atoms. The van der Waals surface area contributed by atoms with E-state index in [0.29, 0.717) is 17.9 Å². The van der Waals surface area contributed by atoms with Gasteiger partial charge >= 0.3 is 0 Å². The number of aryl methyl sites for hydroxylation is 1. The van der Waals surface area contributed by atoms with Gasteiger partial charge in [-0.1, -0.05) is 6.07 Å². The van der Waals surface area contributed by atoms with Gasteiger partial charge in [-0.15, -0.1) is 0 Å². The number of pyridine rings is 1. The van der Waals surface area contributed by atoms with Crippen molar-refractivity contribution in [1.82, 2.24) is 20.3 Å². The van der Waals surface area contributed by atoms with E-state index in [4.69, 9.17) is 0 Å². The van der Waals surface area contributed by atoms with Crippen LogP contribution in [0.5, 0.6) is 0 Å². The Bertz CT molecular complexity index is 868. The number of benzene rings is 1. The van der Waals surface area contributed by atoms with E-state index >= 15 is 0 Å². The first kappa shape index (κ1) is 16.5. The maximum Gasteiger partial charge on any atom is 0.270 e. The van der Waals surface area contributed by atoms with Gasteiger partial charge in [-0.05, 0) is 48.9 Å². The third-order valence-corrected chi connectivity index (χ3v) is 3.36. The molecule has 0 aliphatic rings. The van der Waals surface area contributed by atoms with E-state index in [2.05, 4.69) is 25.6 Å². The largest absolute Gasteiger partial charge is 0.347 e. The lowest BCUT2D eigenvalue weighted by molar-refractivity contribution is 0.0945. The Balaban J connectivity index is 1.72. The van der Waals surface area contributed by atoms with Gasteiger partial charge in [0.05, 0.1) is 0 Å². The molecule has 0 saturated heterocycles. The van der Waals surface area contributed by atoms with Crippen molar-refractivity contribution >= 4 is 17.5 Å². The number of carbonyl (C=O) groups excluding carboxylic acids is 1. The highest BCUT2D eigenvalue weighted by atomic mass is 19.1. The van der Waals surface area contributed by atoms with E-state index in [1.807, 2.05) is 6.07 Å². The zero-order valence-corrected chi connectivity index (χ0v) is 13.5. The molecule has 2 aromatic heterocycles. The summed E-state index contributed by atoms with van der Waals surface area (Å²) in [5.74, 6) is -0.360. The van der Waals surface area contributed by atoms with Gasteiger partial charge < -0.3 is 10.6 Å². The normalized spacial score (nSPS) is 10.3. The first-order chi connectivity index (χ1) is 12.1. The van der Waals surface area contributed by atoms with Crippen molar-refractivity contribution in [1.29, 1.82) is 0 Å². The van der Waals surface area contributed by atoms with E-state index in [0.717, 1.165) is 5.56 Å². The van der Waals surface area contributed by atoms with Crippen LogP contribution in [0, 0.1) is 12.7 Å². The molecule has 0 aliphatic heterocycles. The Hall–Kier alpha value is -3.35. The van der Waals surface area contributed by atoms with Crippen LogP contribution in [-0.2, 0) is 6.54 Å². The summed E-state index contributed by atoms with van der Waals surface area (Å²) in [6, 6.07) is 11.1. The van der Waals surface area contributed by atoms with Crippen LogP contribution in [-0.4, -0.2) is 20.9 Å². The Kier molecular flexibility index (Phi) is 4.94. The molecule has 3 rings (SSSR count). The number of amides is 1. The molecule has 2 heterocycles. The summed E-state index contributed by atoms with van der Waals surface area (Å²) in [6.45, 7) is 2.13. The molecule has 1 amide bonds. The molecular weight excluding hydrogens is 321 g/mol. The number of hydrogen-bond acceptors (Lipinski definition) is 5. The predicted octanol–water partition coefficient (Wildman–Crippen LogP) is 2.99. The molecule has 1 aromatic carbocycles. The third kappa shape index (κ3) is 4.57. The maximum atomic E-state index is 13.0. The van der Waals surface area contributed by atoms with Crippen LogP contribution in [0.2, 0.25) is 0 Å². The van der Waals surface area contributed by atoms with Gasteiger partial charge in [-0.25, -0.2) is 14.4 Å². The van der Waals surface area contributed by atoms with Crippen LogP contribution in [0.15, 0.2) is 54.9 Å². The van der Waals surface area contributed by atoms with E-state index in [1.54, 1.807) is 43.6 Å². The molecule has 7 heteroatoms. The second-order valence-corrected chi connectivity index (χ2v) is 5.39. The minimum absolute atomic E-state index is 0.251. The van der Waals surface area contributed by atoms with Crippen molar-refractivity contribution in [3.05, 3.63) is 77.6 Å². The second kappa shape index (κ2) is 7.48. The highest BCUT2D eigenvalue weighted by molar-refractivity contribution is 5.92. The number of aromatic nitrogens is 3. The smallest absolute Gasteiger partial charge is 0.270 e. The van der Waals surface area contributed by atoms with Gasteiger partial charge in [-0.3, -0.25) is 9.78 Å². The van der Waals surface area contributed by atoms with Crippen molar-refractivity contribution in [2.75, 3.05) is 5.32 Å². The molecule has 0 fully saturated rings. The minimum atomic E-state index is -0.328. The van der Waals surface area contributed by atoms with E-state index in [1.165, 1.54) is 12.1 Å². The predicted molar refractivity (Wildman–Crippen MR) is 91.9 cm³/mol. The molecule has 3 aromatic rings. The maximum absolute atomic E-state index is 13.0. The summed E-state index contributed by atoms with van der Waals surface area (Å²) in [5.41, 5.74) is 2.42. The molecular formula is C18H16FN5O. The highest BCUT2D eigenvalue weighted by Crippen LogP contribution is 2.14. The van der Waals surface area contributed by atoms with Crippen LogP contribution in [0.1, 0.15) is 21.7 Å². The SMILES string of the molecule is Cc1cc(C(=O)NCc2cccnc2)nc(Nc2ccc(F)cc2)n1. The summed E-state index contributed by atoms with van der Waals surface area (Å²) >= 11 is 0. The lowest BCUT2D eigenvalue weighted by atomic mass is 10.2. The number of nitrogens with one attached hydrogen (secondary N) is 2. The highest BCUT2D eigenvalue weighted by Gasteiger charge is 2.11. The summed E-state index contributed by atoms with van der Waals surface area (Å²) in [6.07, 6.45) is 3.36. The second-order valence-electron chi connectivity index (χ2n) is 5.39. The fourth-order valence-corrected chi connectivity index (χ4v) is 2.18. The standard InChI is InChI=1S/C18H16FN5O/c1-12-9-16(17(25)21-11-13-3-2-8-20-10-13)24-18(22-12)23-15-6-4-14(19)5-7-15/h2-10H,11H2,1H3,(H,21,25)(H,22,23,24). The van der Waals surface area contributed by atoms with Gasteiger partial charge in [0, 0.05) is 30.3 Å². The number of halogens is 1. The summed E-state index contributed by atoms with van der Waals surface area (Å²) in [7, 11) is 0. The van der Waals surface area contributed by atoms with Gasteiger partial charge in [0.15, 0.2) is 0 Å². The molecule has 0 aliphatic carbocycles. The van der Waals surface area contributed by atoms with Crippen LogP contribution < -0.4 is 10.6 Å². The lowest BCUT2D eigenvalue weighted by Crippen LogP contribution is -2.24. The van der Waals surface area contributed by atoms with Crippen molar-refractivity contribution in [3.8, 4) is 0 Å². The Morgan fingerprint density at radius 3 is 2.68 bits per heavy atom. The number of anilines is 2. The molecule has 126 valence electrons. The number of nitrogens with zero attached hydrogens (tertiary/aromatic N) is 3. The Labute approximate surface area is 144 Å². The zero-order valence-electron chi connectivity index (χ0n) is 13.5. The van der Waals surface area contributed by atoms with Crippen LogP contribution in [0.3, 0.4) is 0 Å². The summed E-state index contributed by atoms with van der Waals surface area (Å²) < 4.78 is 13.0. The monoisotopic (exact) mass is 337 g/mol. The molecule has 0 spiro atoms. The molecule has 2 N–H and O–H groups in total. The van der Waals surface area contributed by atoms with Gasteiger partial charge in [0.2, 0.25) is 5.95 Å². The molecule has 0 bridgehead atoms. The van der Waals surface area contributed by atoms with Gasteiger partial charge in [0.25, 0.3) is 5.91 Å². The first-order valence-electron chi connectivity index (χ1n) is 7.65. The minimum Gasteiger partial charge on any atom is -0.347 e. The zero-order chi connectivity index (χ0) is 17.6. The molecule has 0 unspecified atom stereocenters. The molecule has 0 radical (unpaired) electrons. The van der Waals surface area contributed by atoms with Crippen molar-refractivity contribution < 1.29 is 9.18 Å². The Morgan fingerprint density at radius 1 is 1.16 bits per heavy atom. The summed E-state index contributed by atoms with van der Waals surface area (Å²) in [5, 5.41) is 5.76. The first-order valence-corrected chi connectivity index (χ1v) is 7.65. The fourth-order valence-electron chi connectivity index (χ4n) is 2.18. The van der Waals surface area contributed by atoms with Crippen LogP contribution in [0.25, 0.3) is 0 Å². The summed E-state index contributed by atoms with van der Waals surface area (Å²) in [4.78, 5) is 24.8. The molecule has 0 saturated carbocycles.